The largest absolute Gasteiger partial charge is 0.329 e. The van der Waals surface area contributed by atoms with Gasteiger partial charge in [-0.1, -0.05) is 18.7 Å². The number of nitrogens with zero attached hydrogens (tertiary/aromatic N) is 1. The van der Waals surface area contributed by atoms with Crippen molar-refractivity contribution in [2.24, 2.45) is 0 Å². The fraction of sp³-hybridized carbons (Fsp3) is 0.429. The number of carbonyl (C=O) groups excluding carboxylic acids is 2. The second kappa shape index (κ2) is 4.12. The van der Waals surface area contributed by atoms with Gasteiger partial charge in [0.25, 0.3) is 5.91 Å². The summed E-state index contributed by atoms with van der Waals surface area (Å²) in [5, 5.41) is 2.74. The maximum atomic E-state index is 12.3. The van der Waals surface area contributed by atoms with Gasteiger partial charge in [0.1, 0.15) is 6.04 Å². The number of hydrogen-bond acceptors (Lipinski definition) is 2. The van der Waals surface area contributed by atoms with Crippen molar-refractivity contribution in [3.63, 3.8) is 0 Å². The van der Waals surface area contributed by atoms with Crippen LogP contribution >= 0.6 is 0 Å². The van der Waals surface area contributed by atoms with Crippen LogP contribution in [0.4, 0.5) is 0 Å². The predicted octanol–water partition coefficient (Wildman–Crippen LogP) is 1.27. The molecule has 2 amide bonds. The lowest BCUT2D eigenvalue weighted by molar-refractivity contribution is -0.136. The van der Waals surface area contributed by atoms with Crippen LogP contribution in [0.2, 0.25) is 0 Å². The molecule has 0 radical (unpaired) electrons. The van der Waals surface area contributed by atoms with Gasteiger partial charge in [-0.2, -0.15) is 0 Å². The summed E-state index contributed by atoms with van der Waals surface area (Å²) >= 11 is 0. The van der Waals surface area contributed by atoms with E-state index in [1.807, 2.05) is 6.08 Å². The first kappa shape index (κ1) is 11.3. The Morgan fingerprint density at radius 2 is 2.06 bits per heavy atom. The van der Waals surface area contributed by atoms with Crippen LogP contribution in [0.15, 0.2) is 35.6 Å². The first-order chi connectivity index (χ1) is 8.66. The average molecular weight is 244 g/mol. The van der Waals surface area contributed by atoms with E-state index in [4.69, 9.17) is 0 Å². The van der Waals surface area contributed by atoms with Crippen LogP contribution in [0.25, 0.3) is 0 Å². The van der Waals surface area contributed by atoms with E-state index in [-0.39, 0.29) is 17.9 Å². The van der Waals surface area contributed by atoms with E-state index in [1.54, 1.807) is 4.90 Å². The number of carbonyl (C=O) groups is 2. The lowest BCUT2D eigenvalue weighted by atomic mass is 10.0. The van der Waals surface area contributed by atoms with Crippen molar-refractivity contribution in [2.45, 2.75) is 31.7 Å². The number of rotatable bonds is 1. The van der Waals surface area contributed by atoms with Crippen molar-refractivity contribution in [1.29, 1.82) is 0 Å². The summed E-state index contributed by atoms with van der Waals surface area (Å²) in [6, 6.07) is -0.338. The number of allylic oxidation sites excluding steroid dienone is 3. The molecule has 4 heteroatoms. The molecule has 4 nitrogen and oxygen atoms in total. The van der Waals surface area contributed by atoms with Crippen LogP contribution < -0.4 is 5.32 Å². The average Bonchev–Trinajstić information content (AvgIpc) is 2.68. The normalized spacial score (nSPS) is 27.7. The number of likely N-dealkylation sites (tertiary alicyclic amines) is 1. The maximum absolute atomic E-state index is 12.3. The number of fused-ring (bicyclic) bond motifs is 1. The van der Waals surface area contributed by atoms with E-state index >= 15 is 0 Å². The summed E-state index contributed by atoms with van der Waals surface area (Å²) in [4.78, 5) is 25.9. The Morgan fingerprint density at radius 1 is 1.28 bits per heavy atom. The molecule has 94 valence electrons. The molecule has 0 aromatic heterocycles. The summed E-state index contributed by atoms with van der Waals surface area (Å²) in [7, 11) is 0. The highest BCUT2D eigenvalue weighted by Crippen LogP contribution is 2.31. The molecule has 0 saturated carbocycles. The lowest BCUT2D eigenvalue weighted by Crippen LogP contribution is -2.50. The zero-order valence-corrected chi connectivity index (χ0v) is 10.2. The SMILES string of the molecule is C=C1CCC(N2CC3=CCCC=C3C2=O)C(=O)N1. The topological polar surface area (TPSA) is 49.4 Å². The van der Waals surface area contributed by atoms with Gasteiger partial charge in [0, 0.05) is 17.8 Å². The highest BCUT2D eigenvalue weighted by molar-refractivity contribution is 6.04. The summed E-state index contributed by atoms with van der Waals surface area (Å²) in [6.45, 7) is 4.34. The molecule has 3 aliphatic rings. The molecule has 2 saturated heterocycles. The van der Waals surface area contributed by atoms with Gasteiger partial charge in [0.05, 0.1) is 0 Å². The highest BCUT2D eigenvalue weighted by Gasteiger charge is 2.39. The molecule has 18 heavy (non-hydrogen) atoms. The molecule has 2 heterocycles. The van der Waals surface area contributed by atoms with Crippen molar-refractivity contribution in [1.82, 2.24) is 10.2 Å². The standard InChI is InChI=1S/C14H16N2O2/c1-9-6-7-12(13(17)15-9)16-8-10-4-2-3-5-11(10)14(16)18/h4-5,12H,1-3,6-8H2,(H,15,17). The Labute approximate surface area is 106 Å². The first-order valence-electron chi connectivity index (χ1n) is 6.36. The number of hydrogen-bond donors (Lipinski definition) is 1. The summed E-state index contributed by atoms with van der Waals surface area (Å²) in [6.07, 6.45) is 7.46. The summed E-state index contributed by atoms with van der Waals surface area (Å²) < 4.78 is 0. The molecule has 2 fully saturated rings. The fourth-order valence-electron chi connectivity index (χ4n) is 2.82. The van der Waals surface area contributed by atoms with Crippen LogP contribution in [0.3, 0.4) is 0 Å². The monoisotopic (exact) mass is 244 g/mol. The van der Waals surface area contributed by atoms with Gasteiger partial charge < -0.3 is 10.2 Å². The summed E-state index contributed by atoms with van der Waals surface area (Å²) in [5.74, 6) is -0.0898. The van der Waals surface area contributed by atoms with E-state index in [0.717, 1.165) is 36.1 Å². The maximum Gasteiger partial charge on any atom is 0.254 e. The van der Waals surface area contributed by atoms with Crippen LogP contribution in [0.1, 0.15) is 25.7 Å². The molecule has 1 unspecified atom stereocenters. The molecule has 1 aliphatic carbocycles. The molecule has 0 aromatic rings. The van der Waals surface area contributed by atoms with E-state index < -0.39 is 0 Å². The third kappa shape index (κ3) is 1.68. The Morgan fingerprint density at radius 3 is 2.78 bits per heavy atom. The molecule has 0 bridgehead atoms. The molecule has 1 N–H and O–H groups in total. The predicted molar refractivity (Wildman–Crippen MR) is 67.4 cm³/mol. The van der Waals surface area contributed by atoms with Gasteiger partial charge >= 0.3 is 0 Å². The van der Waals surface area contributed by atoms with E-state index in [1.165, 1.54) is 0 Å². The van der Waals surface area contributed by atoms with Gasteiger partial charge in [-0.15, -0.1) is 0 Å². The Hall–Kier alpha value is -1.84. The minimum atomic E-state index is -0.338. The Kier molecular flexibility index (Phi) is 2.58. The lowest BCUT2D eigenvalue weighted by Gasteiger charge is -2.30. The number of amides is 2. The zero-order valence-electron chi connectivity index (χ0n) is 10.2. The van der Waals surface area contributed by atoms with E-state index in [2.05, 4.69) is 18.0 Å². The van der Waals surface area contributed by atoms with E-state index in [9.17, 15) is 9.59 Å². The van der Waals surface area contributed by atoms with Gasteiger partial charge in [-0.25, -0.2) is 0 Å². The molecule has 0 spiro atoms. The van der Waals surface area contributed by atoms with Crippen molar-refractivity contribution in [3.05, 3.63) is 35.6 Å². The highest BCUT2D eigenvalue weighted by atomic mass is 16.2. The van der Waals surface area contributed by atoms with Crippen LogP contribution in [-0.4, -0.2) is 29.3 Å². The van der Waals surface area contributed by atoms with E-state index in [0.29, 0.717) is 13.0 Å². The zero-order chi connectivity index (χ0) is 12.7. The Bertz CT molecular complexity index is 502. The molecule has 0 aromatic carbocycles. The number of nitrogens with one attached hydrogen (secondary N) is 1. The number of piperidine rings is 1. The Balaban J connectivity index is 1.84. The van der Waals surface area contributed by atoms with Crippen LogP contribution in [0, 0.1) is 0 Å². The van der Waals surface area contributed by atoms with Crippen molar-refractivity contribution in [3.8, 4) is 0 Å². The third-order valence-corrected chi connectivity index (χ3v) is 3.78. The van der Waals surface area contributed by atoms with Crippen molar-refractivity contribution in [2.75, 3.05) is 6.54 Å². The molecule has 2 aliphatic heterocycles. The molecule has 3 rings (SSSR count). The van der Waals surface area contributed by atoms with Gasteiger partial charge in [-0.05, 0) is 31.3 Å². The second-order valence-electron chi connectivity index (χ2n) is 5.00. The van der Waals surface area contributed by atoms with Gasteiger partial charge in [0.15, 0.2) is 0 Å². The van der Waals surface area contributed by atoms with Gasteiger partial charge in [0.2, 0.25) is 5.91 Å². The first-order valence-corrected chi connectivity index (χ1v) is 6.36. The minimum Gasteiger partial charge on any atom is -0.329 e. The molecular formula is C14H16N2O2. The van der Waals surface area contributed by atoms with Crippen molar-refractivity contribution >= 4 is 11.8 Å². The van der Waals surface area contributed by atoms with Crippen molar-refractivity contribution < 1.29 is 9.59 Å². The van der Waals surface area contributed by atoms with Crippen LogP contribution in [0.5, 0.6) is 0 Å². The fourth-order valence-corrected chi connectivity index (χ4v) is 2.82. The second-order valence-corrected chi connectivity index (χ2v) is 5.00. The van der Waals surface area contributed by atoms with Gasteiger partial charge in [-0.3, -0.25) is 9.59 Å². The van der Waals surface area contributed by atoms with Crippen LogP contribution in [-0.2, 0) is 9.59 Å². The smallest absolute Gasteiger partial charge is 0.254 e. The molecule has 1 atom stereocenters. The quantitative estimate of drug-likeness (QED) is 0.755. The summed E-state index contributed by atoms with van der Waals surface area (Å²) in [5.41, 5.74) is 2.64. The minimum absolute atomic E-state index is 0.00797. The molecular weight excluding hydrogens is 228 g/mol. The third-order valence-electron chi connectivity index (χ3n) is 3.78.